The summed E-state index contributed by atoms with van der Waals surface area (Å²) < 4.78 is 6.93. The minimum Gasteiger partial charge on any atom is -1.00 e. The van der Waals surface area contributed by atoms with Crippen molar-refractivity contribution in [3.8, 4) is 17.0 Å². The number of Topliss-reactive ketones (excluding diaryl/α,β-unsaturated/α-hetero) is 1. The van der Waals surface area contributed by atoms with Crippen LogP contribution in [0.5, 0.6) is 5.75 Å². The molecule has 0 N–H and O–H groups in total. The third-order valence-corrected chi connectivity index (χ3v) is 4.19. The van der Waals surface area contributed by atoms with Gasteiger partial charge in [0.05, 0.1) is 18.2 Å². The van der Waals surface area contributed by atoms with Gasteiger partial charge in [0.2, 0.25) is 5.78 Å². The average molecular weight is 391 g/mol. The van der Waals surface area contributed by atoms with Gasteiger partial charge in [-0.25, -0.2) is 4.57 Å². The Balaban J connectivity index is 0.00000192. The Kier molecular flexibility index (Phi) is 6.01. The highest BCUT2D eigenvalue weighted by molar-refractivity contribution is 7.12. The molecule has 6 heteroatoms. The molecule has 0 radical (unpaired) electrons. The third-order valence-electron chi connectivity index (χ3n) is 3.28. The predicted octanol–water partition coefficient (Wildman–Crippen LogP) is -0.00690. The van der Waals surface area contributed by atoms with Gasteiger partial charge in [0.15, 0.2) is 12.2 Å². The van der Waals surface area contributed by atoms with Crippen LogP contribution in [-0.4, -0.2) is 17.9 Å². The van der Waals surface area contributed by atoms with E-state index in [1.807, 2.05) is 54.0 Å². The van der Waals surface area contributed by atoms with Crippen molar-refractivity contribution in [1.82, 2.24) is 4.98 Å². The standard InChI is InChI=1S/C17H15N2O2S.BrH/c1-21-14-6-4-13(5-7-14)15-8-9-19(12-18-15)11-16(20)17-3-2-10-22-17;/h2-10,12H,11H2,1H3;1H/q+1;/p-1. The molecule has 23 heavy (non-hydrogen) atoms. The molecule has 0 saturated heterocycles. The maximum Gasteiger partial charge on any atom is 0.287 e. The van der Waals surface area contributed by atoms with Crippen molar-refractivity contribution < 1.29 is 31.1 Å². The minimum atomic E-state index is 0. The van der Waals surface area contributed by atoms with Gasteiger partial charge in [-0.05, 0) is 40.7 Å². The number of carbonyl (C=O) groups is 1. The van der Waals surface area contributed by atoms with Crippen LogP contribution in [-0.2, 0) is 6.54 Å². The second kappa shape index (κ2) is 7.99. The molecule has 0 atom stereocenters. The molecule has 1 aromatic carbocycles. The molecule has 2 aromatic heterocycles. The zero-order chi connectivity index (χ0) is 15.4. The maximum atomic E-state index is 12.0. The molecule has 0 bridgehead atoms. The molecule has 3 aromatic rings. The van der Waals surface area contributed by atoms with Crippen LogP contribution >= 0.6 is 11.3 Å². The number of benzene rings is 1. The molecule has 0 spiro atoms. The van der Waals surface area contributed by atoms with Crippen LogP contribution in [0.3, 0.4) is 0 Å². The van der Waals surface area contributed by atoms with Gasteiger partial charge in [-0.15, -0.1) is 11.3 Å². The molecule has 0 amide bonds. The number of carbonyl (C=O) groups excluding carboxylic acids is 1. The molecule has 3 rings (SSSR count). The summed E-state index contributed by atoms with van der Waals surface area (Å²) in [6.45, 7) is 0.302. The van der Waals surface area contributed by atoms with E-state index in [2.05, 4.69) is 4.98 Å². The number of ketones is 1. The van der Waals surface area contributed by atoms with Crippen LogP contribution in [0.15, 0.2) is 60.4 Å². The van der Waals surface area contributed by atoms with E-state index in [9.17, 15) is 4.79 Å². The molecule has 0 aliphatic carbocycles. The van der Waals surface area contributed by atoms with E-state index >= 15 is 0 Å². The lowest BCUT2D eigenvalue weighted by molar-refractivity contribution is -0.686. The summed E-state index contributed by atoms with van der Waals surface area (Å²) in [6.07, 6.45) is 3.56. The SMILES string of the molecule is COc1ccc(-c2cc[n+](CC(=O)c3cccs3)cn2)cc1.[Br-]. The average Bonchev–Trinajstić information content (AvgIpc) is 3.10. The van der Waals surface area contributed by atoms with Crippen molar-refractivity contribution in [2.24, 2.45) is 0 Å². The van der Waals surface area contributed by atoms with E-state index in [1.54, 1.807) is 18.0 Å². The molecular formula is C17H15BrN2O2S. The molecular weight excluding hydrogens is 376 g/mol. The van der Waals surface area contributed by atoms with Gasteiger partial charge in [-0.3, -0.25) is 4.79 Å². The largest absolute Gasteiger partial charge is 1.00 e. The minimum absolute atomic E-state index is 0. The lowest BCUT2D eigenvalue weighted by Crippen LogP contribution is -3.00. The number of rotatable bonds is 5. The summed E-state index contributed by atoms with van der Waals surface area (Å²) in [5.74, 6) is 0.912. The fourth-order valence-electron chi connectivity index (χ4n) is 2.09. The fraction of sp³-hybridized carbons (Fsp3) is 0.118. The molecule has 0 fully saturated rings. The first-order chi connectivity index (χ1) is 10.8. The summed E-state index contributed by atoms with van der Waals surface area (Å²) in [6, 6.07) is 13.4. The highest BCUT2D eigenvalue weighted by Gasteiger charge is 2.12. The first-order valence-electron chi connectivity index (χ1n) is 6.82. The van der Waals surface area contributed by atoms with Crippen molar-refractivity contribution >= 4 is 17.1 Å². The van der Waals surface area contributed by atoms with E-state index in [4.69, 9.17) is 4.74 Å². The Bertz CT molecular complexity index is 756. The highest BCUT2D eigenvalue weighted by atomic mass is 79.9. The number of nitrogens with zero attached hydrogens (tertiary/aromatic N) is 2. The van der Waals surface area contributed by atoms with Crippen molar-refractivity contribution in [3.05, 3.63) is 65.2 Å². The van der Waals surface area contributed by atoms with E-state index in [-0.39, 0.29) is 22.8 Å². The molecule has 0 saturated carbocycles. The van der Waals surface area contributed by atoms with Gasteiger partial charge in [0, 0.05) is 11.6 Å². The van der Waals surface area contributed by atoms with Gasteiger partial charge >= 0.3 is 0 Å². The lowest BCUT2D eigenvalue weighted by atomic mass is 10.1. The number of aromatic nitrogens is 2. The maximum absolute atomic E-state index is 12.0. The summed E-state index contributed by atoms with van der Waals surface area (Å²) >= 11 is 1.46. The highest BCUT2D eigenvalue weighted by Crippen LogP contribution is 2.19. The summed E-state index contributed by atoms with van der Waals surface area (Å²) in [4.78, 5) is 17.2. The number of ether oxygens (including phenoxy) is 1. The van der Waals surface area contributed by atoms with Gasteiger partial charge < -0.3 is 21.7 Å². The normalized spacial score (nSPS) is 9.96. The van der Waals surface area contributed by atoms with Crippen LogP contribution in [0.4, 0.5) is 0 Å². The molecule has 0 unspecified atom stereocenters. The smallest absolute Gasteiger partial charge is 0.287 e. The Morgan fingerprint density at radius 1 is 1.22 bits per heavy atom. The summed E-state index contributed by atoms with van der Waals surface area (Å²) in [7, 11) is 1.64. The van der Waals surface area contributed by atoms with Gasteiger partial charge in [0.25, 0.3) is 6.33 Å². The van der Waals surface area contributed by atoms with Crippen LogP contribution in [0, 0.1) is 0 Å². The molecule has 0 aliphatic rings. The molecule has 4 nitrogen and oxygen atoms in total. The molecule has 0 aliphatic heterocycles. The van der Waals surface area contributed by atoms with Crippen LogP contribution in [0.25, 0.3) is 11.3 Å². The van der Waals surface area contributed by atoms with Crippen LogP contribution in [0.1, 0.15) is 9.67 Å². The Morgan fingerprint density at radius 3 is 2.57 bits per heavy atom. The second-order valence-corrected chi connectivity index (χ2v) is 5.69. The van der Waals surface area contributed by atoms with Crippen molar-refractivity contribution in [2.45, 2.75) is 6.54 Å². The summed E-state index contributed by atoms with van der Waals surface area (Å²) in [5.41, 5.74) is 1.88. The first-order valence-corrected chi connectivity index (χ1v) is 7.70. The third kappa shape index (κ3) is 4.24. The topological polar surface area (TPSA) is 43.1 Å². The predicted molar refractivity (Wildman–Crippen MR) is 85.1 cm³/mol. The zero-order valence-electron chi connectivity index (χ0n) is 12.5. The first kappa shape index (κ1) is 17.3. The van der Waals surface area contributed by atoms with Crippen LogP contribution < -0.4 is 26.3 Å². The molecule has 2 heterocycles. The van der Waals surface area contributed by atoms with Crippen LogP contribution in [0.2, 0.25) is 0 Å². The van der Waals surface area contributed by atoms with Crippen molar-refractivity contribution in [2.75, 3.05) is 7.11 Å². The van der Waals surface area contributed by atoms with Gasteiger partial charge in [0.1, 0.15) is 5.75 Å². The lowest BCUT2D eigenvalue weighted by Gasteiger charge is -2.01. The monoisotopic (exact) mass is 390 g/mol. The van der Waals surface area contributed by atoms with Crippen molar-refractivity contribution in [3.63, 3.8) is 0 Å². The summed E-state index contributed by atoms with van der Waals surface area (Å²) in [5, 5.41) is 1.91. The fourth-order valence-corrected chi connectivity index (χ4v) is 2.75. The molecule has 118 valence electrons. The quantitative estimate of drug-likeness (QED) is 0.454. The van der Waals surface area contributed by atoms with Crippen molar-refractivity contribution in [1.29, 1.82) is 0 Å². The number of thiophene rings is 1. The number of methoxy groups -OCH3 is 1. The van der Waals surface area contributed by atoms with E-state index in [0.29, 0.717) is 6.54 Å². The Morgan fingerprint density at radius 2 is 2.00 bits per heavy atom. The zero-order valence-corrected chi connectivity index (χ0v) is 14.9. The number of hydrogen-bond donors (Lipinski definition) is 0. The van der Waals surface area contributed by atoms with E-state index < -0.39 is 0 Å². The Labute approximate surface area is 149 Å². The number of halogens is 1. The van der Waals surface area contributed by atoms with E-state index in [1.165, 1.54) is 11.3 Å². The van der Waals surface area contributed by atoms with E-state index in [0.717, 1.165) is 21.9 Å². The van der Waals surface area contributed by atoms with Gasteiger partial charge in [-0.2, -0.15) is 0 Å². The number of hydrogen-bond acceptors (Lipinski definition) is 4. The van der Waals surface area contributed by atoms with Gasteiger partial charge in [-0.1, -0.05) is 6.07 Å². The Hall–Kier alpha value is -2.05. The second-order valence-electron chi connectivity index (χ2n) is 4.75.